The molecule has 1 heterocycles. The van der Waals surface area contributed by atoms with Crippen molar-refractivity contribution in [3.05, 3.63) is 22.2 Å². The number of fused-ring (bicyclic) bond motifs is 1. The zero-order valence-corrected chi connectivity index (χ0v) is 10.3. The number of anilines is 1. The molecule has 0 spiro atoms. The molecule has 0 aromatic heterocycles. The summed E-state index contributed by atoms with van der Waals surface area (Å²) in [4.78, 5) is 13.1. The van der Waals surface area contributed by atoms with Gasteiger partial charge in [-0.1, -0.05) is 11.6 Å². The summed E-state index contributed by atoms with van der Waals surface area (Å²) >= 11 is 6.15. The lowest BCUT2D eigenvalue weighted by molar-refractivity contribution is -0.121. The van der Waals surface area contributed by atoms with Crippen molar-refractivity contribution in [2.45, 2.75) is 13.8 Å². The molecule has 0 fully saturated rings. The molecule has 0 unspecified atom stereocenters. The van der Waals surface area contributed by atoms with E-state index in [4.69, 9.17) is 21.6 Å². The number of carbonyl (C=O) groups is 1. The second-order valence-electron chi connectivity index (χ2n) is 3.91. The van der Waals surface area contributed by atoms with Crippen LogP contribution in [0.25, 0.3) is 0 Å². The van der Waals surface area contributed by atoms with Gasteiger partial charge in [0.25, 0.3) is 5.91 Å². The van der Waals surface area contributed by atoms with Crippen molar-refractivity contribution in [1.82, 2.24) is 0 Å². The van der Waals surface area contributed by atoms with Crippen molar-refractivity contribution >= 4 is 23.2 Å². The first kappa shape index (κ1) is 11.7. The van der Waals surface area contributed by atoms with Gasteiger partial charge in [0.15, 0.2) is 6.61 Å². The van der Waals surface area contributed by atoms with Crippen LogP contribution >= 0.6 is 11.6 Å². The van der Waals surface area contributed by atoms with Gasteiger partial charge < -0.3 is 4.74 Å². The number of benzene rings is 1. The van der Waals surface area contributed by atoms with E-state index in [1.165, 1.54) is 4.90 Å². The van der Waals surface area contributed by atoms with Gasteiger partial charge in [0.05, 0.1) is 11.8 Å². The molecule has 2 rings (SSSR count). The number of rotatable bonds is 1. The minimum atomic E-state index is -0.220. The lowest BCUT2D eigenvalue weighted by Crippen LogP contribution is -2.39. The van der Waals surface area contributed by atoms with Crippen LogP contribution < -0.4 is 9.64 Å². The van der Waals surface area contributed by atoms with Gasteiger partial charge in [-0.05, 0) is 31.0 Å². The Kier molecular flexibility index (Phi) is 2.95. The van der Waals surface area contributed by atoms with Crippen LogP contribution in [0, 0.1) is 25.2 Å². The van der Waals surface area contributed by atoms with E-state index in [0.717, 1.165) is 11.1 Å². The van der Waals surface area contributed by atoms with Crippen molar-refractivity contribution in [3.8, 4) is 11.8 Å². The Morgan fingerprint density at radius 2 is 2.29 bits per heavy atom. The standard InChI is InChI=1S/C12H11ClN2O2/c1-7-5-9-12(8(2)11(7)13)15(4-3-14)10(16)6-17-9/h5H,4,6H2,1-2H3. The number of aryl methyl sites for hydroxylation is 1. The highest BCUT2D eigenvalue weighted by Gasteiger charge is 2.28. The van der Waals surface area contributed by atoms with Crippen LogP contribution in [0.15, 0.2) is 6.07 Å². The fourth-order valence-electron chi connectivity index (χ4n) is 1.94. The number of halogens is 1. The highest BCUT2D eigenvalue weighted by molar-refractivity contribution is 6.32. The SMILES string of the molecule is Cc1cc2c(c(C)c1Cl)N(CC#N)C(=O)CO2. The predicted molar refractivity (Wildman–Crippen MR) is 64.4 cm³/mol. The number of nitrogens with zero attached hydrogens (tertiary/aromatic N) is 2. The fourth-order valence-corrected chi connectivity index (χ4v) is 2.08. The third-order valence-electron chi connectivity index (χ3n) is 2.76. The van der Waals surface area contributed by atoms with Crippen molar-refractivity contribution in [2.75, 3.05) is 18.1 Å². The summed E-state index contributed by atoms with van der Waals surface area (Å²) in [5.41, 5.74) is 2.28. The number of nitriles is 1. The van der Waals surface area contributed by atoms with Gasteiger partial charge in [-0.2, -0.15) is 5.26 Å². The molecule has 4 nitrogen and oxygen atoms in total. The lowest BCUT2D eigenvalue weighted by atomic mass is 10.1. The average Bonchev–Trinajstić information content (AvgIpc) is 2.30. The van der Waals surface area contributed by atoms with Crippen molar-refractivity contribution in [2.24, 2.45) is 0 Å². The summed E-state index contributed by atoms with van der Waals surface area (Å²) in [5, 5.41) is 9.36. The second kappa shape index (κ2) is 4.27. The maximum Gasteiger partial charge on any atom is 0.265 e. The molecule has 0 bridgehead atoms. The summed E-state index contributed by atoms with van der Waals surface area (Å²) in [6.45, 7) is 3.68. The van der Waals surface area contributed by atoms with Crippen LogP contribution in [-0.4, -0.2) is 19.1 Å². The zero-order chi connectivity index (χ0) is 12.6. The van der Waals surface area contributed by atoms with Gasteiger partial charge in [-0.15, -0.1) is 0 Å². The summed E-state index contributed by atoms with van der Waals surface area (Å²) < 4.78 is 5.37. The normalized spacial score (nSPS) is 14.0. The van der Waals surface area contributed by atoms with Gasteiger partial charge in [-0.3, -0.25) is 9.69 Å². The minimum Gasteiger partial charge on any atom is -0.482 e. The highest BCUT2D eigenvalue weighted by atomic mass is 35.5. The Bertz CT molecular complexity index is 534. The van der Waals surface area contributed by atoms with Gasteiger partial charge in [0, 0.05) is 5.02 Å². The lowest BCUT2D eigenvalue weighted by Gasteiger charge is -2.29. The number of ether oxygens (including phenoxy) is 1. The number of hydrogen-bond donors (Lipinski definition) is 0. The summed E-state index contributed by atoms with van der Waals surface area (Å²) in [7, 11) is 0. The summed E-state index contributed by atoms with van der Waals surface area (Å²) in [5.74, 6) is 0.390. The molecule has 1 aromatic rings. The largest absolute Gasteiger partial charge is 0.482 e. The molecule has 0 atom stereocenters. The molecule has 0 saturated heterocycles. The topological polar surface area (TPSA) is 53.3 Å². The van der Waals surface area contributed by atoms with Crippen LogP contribution in [0.1, 0.15) is 11.1 Å². The van der Waals surface area contributed by atoms with Crippen LogP contribution in [0.2, 0.25) is 5.02 Å². The molecule has 5 heteroatoms. The first-order valence-electron chi connectivity index (χ1n) is 5.16. The Labute approximate surface area is 104 Å². The Balaban J connectivity index is 2.63. The molecule has 88 valence electrons. The first-order chi connectivity index (χ1) is 8.06. The Hall–Kier alpha value is -1.73. The third kappa shape index (κ3) is 1.83. The van der Waals surface area contributed by atoms with Gasteiger partial charge >= 0.3 is 0 Å². The van der Waals surface area contributed by atoms with E-state index in [2.05, 4.69) is 0 Å². The zero-order valence-electron chi connectivity index (χ0n) is 9.58. The molecular weight excluding hydrogens is 240 g/mol. The molecule has 0 radical (unpaired) electrons. The molecule has 1 amide bonds. The van der Waals surface area contributed by atoms with Crippen LogP contribution in [0.5, 0.6) is 5.75 Å². The van der Waals surface area contributed by atoms with Gasteiger partial charge in [-0.25, -0.2) is 0 Å². The minimum absolute atomic E-state index is 0.00935. The van der Waals surface area contributed by atoms with Crippen LogP contribution in [0.3, 0.4) is 0 Å². The van der Waals surface area contributed by atoms with E-state index in [1.54, 1.807) is 6.07 Å². The Morgan fingerprint density at radius 1 is 1.59 bits per heavy atom. The predicted octanol–water partition coefficient (Wildman–Crippen LogP) is 2.21. The number of carbonyl (C=O) groups excluding carboxylic acids is 1. The van der Waals surface area contributed by atoms with Crippen molar-refractivity contribution in [3.63, 3.8) is 0 Å². The van der Waals surface area contributed by atoms with Gasteiger partial charge in [0.1, 0.15) is 12.3 Å². The molecule has 0 saturated carbocycles. The smallest absolute Gasteiger partial charge is 0.265 e. The molecule has 1 aliphatic heterocycles. The maximum absolute atomic E-state index is 11.7. The molecule has 0 N–H and O–H groups in total. The number of hydrogen-bond acceptors (Lipinski definition) is 3. The molecule has 1 aliphatic rings. The van der Waals surface area contributed by atoms with E-state index in [0.29, 0.717) is 16.5 Å². The maximum atomic E-state index is 11.7. The van der Waals surface area contributed by atoms with E-state index in [-0.39, 0.29) is 19.1 Å². The van der Waals surface area contributed by atoms with Crippen molar-refractivity contribution < 1.29 is 9.53 Å². The molecule has 17 heavy (non-hydrogen) atoms. The molecule has 0 aliphatic carbocycles. The van der Waals surface area contributed by atoms with Crippen LogP contribution in [0.4, 0.5) is 5.69 Å². The second-order valence-corrected chi connectivity index (χ2v) is 4.28. The van der Waals surface area contributed by atoms with Crippen molar-refractivity contribution in [1.29, 1.82) is 5.26 Å². The van der Waals surface area contributed by atoms with E-state index < -0.39 is 0 Å². The quantitative estimate of drug-likeness (QED) is 0.718. The Morgan fingerprint density at radius 3 is 2.94 bits per heavy atom. The first-order valence-corrected chi connectivity index (χ1v) is 5.54. The summed E-state index contributed by atoms with van der Waals surface area (Å²) in [6.07, 6.45) is 0. The van der Waals surface area contributed by atoms with Crippen LogP contribution in [-0.2, 0) is 4.79 Å². The molecule has 1 aromatic carbocycles. The van der Waals surface area contributed by atoms with E-state index >= 15 is 0 Å². The highest BCUT2D eigenvalue weighted by Crippen LogP contribution is 2.40. The fraction of sp³-hybridized carbons (Fsp3) is 0.333. The van der Waals surface area contributed by atoms with E-state index in [9.17, 15) is 4.79 Å². The number of amides is 1. The molecular formula is C12H11ClN2O2. The summed E-state index contributed by atoms with van der Waals surface area (Å²) in [6, 6.07) is 3.77. The van der Waals surface area contributed by atoms with Gasteiger partial charge in [0.2, 0.25) is 0 Å². The monoisotopic (exact) mass is 250 g/mol. The third-order valence-corrected chi connectivity index (χ3v) is 3.34. The average molecular weight is 251 g/mol. The van der Waals surface area contributed by atoms with E-state index in [1.807, 2.05) is 19.9 Å².